The lowest BCUT2D eigenvalue weighted by molar-refractivity contribution is -0.124. The Bertz CT molecular complexity index is 516. The molecule has 0 saturated carbocycles. The number of hydrogen-bond acceptors (Lipinski definition) is 2. The molecular formula is C14H17FN2O2. The number of likely N-dealkylation sites (N-methyl/N-ethyl adjacent to an activating group) is 1. The molecule has 1 aromatic carbocycles. The van der Waals surface area contributed by atoms with E-state index in [2.05, 4.69) is 5.32 Å². The first kappa shape index (κ1) is 13.5. The predicted octanol–water partition coefficient (Wildman–Crippen LogP) is 1.48. The normalized spacial score (nSPS) is 18.5. The fourth-order valence-corrected chi connectivity index (χ4v) is 2.42. The van der Waals surface area contributed by atoms with E-state index in [1.165, 1.54) is 18.0 Å². The molecule has 102 valence electrons. The minimum Gasteiger partial charge on any atom is -0.357 e. The fourth-order valence-electron chi connectivity index (χ4n) is 2.42. The van der Waals surface area contributed by atoms with Gasteiger partial charge in [-0.15, -0.1) is 0 Å². The van der Waals surface area contributed by atoms with Crippen LogP contribution in [0.15, 0.2) is 18.2 Å². The van der Waals surface area contributed by atoms with Crippen LogP contribution in [-0.4, -0.2) is 36.3 Å². The number of aryl methyl sites for hydroxylation is 1. The highest BCUT2D eigenvalue weighted by molar-refractivity contribution is 5.98. The zero-order valence-corrected chi connectivity index (χ0v) is 11.1. The molecule has 1 saturated heterocycles. The Hall–Kier alpha value is -1.91. The highest BCUT2D eigenvalue weighted by Crippen LogP contribution is 2.22. The van der Waals surface area contributed by atoms with Crippen molar-refractivity contribution in [2.45, 2.75) is 25.8 Å². The zero-order valence-electron chi connectivity index (χ0n) is 11.1. The van der Waals surface area contributed by atoms with Gasteiger partial charge in [0.25, 0.3) is 5.91 Å². The van der Waals surface area contributed by atoms with Crippen molar-refractivity contribution in [1.82, 2.24) is 10.2 Å². The molecule has 1 aliphatic heterocycles. The van der Waals surface area contributed by atoms with Gasteiger partial charge in [0.1, 0.15) is 11.9 Å². The largest absolute Gasteiger partial charge is 0.357 e. The lowest BCUT2D eigenvalue weighted by Gasteiger charge is -2.23. The van der Waals surface area contributed by atoms with Gasteiger partial charge in [0.05, 0.1) is 5.56 Å². The molecule has 1 aliphatic rings. The van der Waals surface area contributed by atoms with Crippen LogP contribution in [0.5, 0.6) is 0 Å². The molecule has 1 atom stereocenters. The minimum absolute atomic E-state index is 0.0378. The van der Waals surface area contributed by atoms with E-state index >= 15 is 0 Å². The summed E-state index contributed by atoms with van der Waals surface area (Å²) in [7, 11) is 1.54. The molecule has 2 amide bonds. The molecule has 0 aliphatic carbocycles. The zero-order chi connectivity index (χ0) is 14.0. The van der Waals surface area contributed by atoms with Gasteiger partial charge in [-0.3, -0.25) is 9.59 Å². The maximum absolute atomic E-state index is 14.0. The topological polar surface area (TPSA) is 49.4 Å². The van der Waals surface area contributed by atoms with Crippen molar-refractivity contribution >= 4 is 11.8 Å². The number of rotatable bonds is 2. The molecule has 1 fully saturated rings. The first-order chi connectivity index (χ1) is 9.06. The van der Waals surface area contributed by atoms with E-state index in [0.717, 1.165) is 6.42 Å². The Morgan fingerprint density at radius 2 is 2.16 bits per heavy atom. The van der Waals surface area contributed by atoms with Crippen LogP contribution in [0.25, 0.3) is 0 Å². The van der Waals surface area contributed by atoms with Gasteiger partial charge in [0.2, 0.25) is 5.91 Å². The Morgan fingerprint density at radius 3 is 2.84 bits per heavy atom. The molecule has 1 unspecified atom stereocenters. The van der Waals surface area contributed by atoms with Crippen LogP contribution in [0.3, 0.4) is 0 Å². The second-order valence-corrected chi connectivity index (χ2v) is 4.71. The molecule has 0 aromatic heterocycles. The number of nitrogens with one attached hydrogen (secondary N) is 1. The molecular weight excluding hydrogens is 247 g/mol. The van der Waals surface area contributed by atoms with Crippen molar-refractivity contribution < 1.29 is 14.0 Å². The summed E-state index contributed by atoms with van der Waals surface area (Å²) in [6, 6.07) is 4.24. The Kier molecular flexibility index (Phi) is 3.83. The first-order valence-electron chi connectivity index (χ1n) is 6.34. The summed E-state index contributed by atoms with van der Waals surface area (Å²) in [5.74, 6) is -1.11. The number of benzene rings is 1. The molecule has 1 heterocycles. The van der Waals surface area contributed by atoms with Gasteiger partial charge >= 0.3 is 0 Å². The average molecular weight is 264 g/mol. The lowest BCUT2D eigenvalue weighted by Crippen LogP contribution is -2.45. The molecule has 1 N–H and O–H groups in total. The maximum Gasteiger partial charge on any atom is 0.257 e. The van der Waals surface area contributed by atoms with Crippen LogP contribution in [0.1, 0.15) is 28.8 Å². The summed E-state index contributed by atoms with van der Waals surface area (Å²) < 4.78 is 14.0. The molecule has 4 nitrogen and oxygen atoms in total. The lowest BCUT2D eigenvalue weighted by atomic mass is 10.1. The van der Waals surface area contributed by atoms with Gasteiger partial charge in [0, 0.05) is 13.6 Å². The SMILES string of the molecule is CNC(=O)C1CCCN1C(=O)c1cccc(C)c1F. The van der Waals surface area contributed by atoms with E-state index in [-0.39, 0.29) is 11.5 Å². The van der Waals surface area contributed by atoms with E-state index < -0.39 is 17.8 Å². The van der Waals surface area contributed by atoms with E-state index in [0.29, 0.717) is 18.5 Å². The molecule has 0 bridgehead atoms. The van der Waals surface area contributed by atoms with Crippen LogP contribution in [0.2, 0.25) is 0 Å². The van der Waals surface area contributed by atoms with E-state index in [1.807, 2.05) is 0 Å². The summed E-state index contributed by atoms with van der Waals surface area (Å²) in [6.45, 7) is 2.11. The summed E-state index contributed by atoms with van der Waals surface area (Å²) in [6.07, 6.45) is 1.39. The van der Waals surface area contributed by atoms with Gasteiger partial charge in [-0.05, 0) is 31.4 Å². The minimum atomic E-state index is -0.505. The summed E-state index contributed by atoms with van der Waals surface area (Å²) >= 11 is 0. The van der Waals surface area contributed by atoms with Gasteiger partial charge in [-0.2, -0.15) is 0 Å². The van der Waals surface area contributed by atoms with Crippen LogP contribution >= 0.6 is 0 Å². The first-order valence-corrected chi connectivity index (χ1v) is 6.34. The highest BCUT2D eigenvalue weighted by Gasteiger charge is 2.34. The molecule has 2 rings (SSSR count). The van der Waals surface area contributed by atoms with Gasteiger partial charge in [-0.25, -0.2) is 4.39 Å². The van der Waals surface area contributed by atoms with Crippen molar-refractivity contribution in [1.29, 1.82) is 0 Å². The average Bonchev–Trinajstić information content (AvgIpc) is 2.89. The number of hydrogen-bond donors (Lipinski definition) is 1. The van der Waals surface area contributed by atoms with Crippen molar-refractivity contribution in [2.24, 2.45) is 0 Å². The third kappa shape index (κ3) is 2.45. The number of likely N-dealkylation sites (tertiary alicyclic amines) is 1. The van der Waals surface area contributed by atoms with E-state index in [4.69, 9.17) is 0 Å². The molecule has 19 heavy (non-hydrogen) atoms. The molecule has 0 radical (unpaired) electrons. The van der Waals surface area contributed by atoms with Crippen molar-refractivity contribution in [2.75, 3.05) is 13.6 Å². The third-order valence-electron chi connectivity index (χ3n) is 3.48. The van der Waals surface area contributed by atoms with Gasteiger partial charge in [0.15, 0.2) is 0 Å². The second kappa shape index (κ2) is 5.38. The molecule has 0 spiro atoms. The van der Waals surface area contributed by atoms with Crippen molar-refractivity contribution in [3.05, 3.63) is 35.1 Å². The Balaban J connectivity index is 2.28. The predicted molar refractivity (Wildman–Crippen MR) is 69.3 cm³/mol. The fraction of sp³-hybridized carbons (Fsp3) is 0.429. The van der Waals surface area contributed by atoms with Crippen LogP contribution in [-0.2, 0) is 4.79 Å². The quantitative estimate of drug-likeness (QED) is 0.879. The number of carbonyl (C=O) groups is 2. The number of halogens is 1. The molecule has 1 aromatic rings. The smallest absolute Gasteiger partial charge is 0.257 e. The number of carbonyl (C=O) groups excluding carboxylic acids is 2. The Labute approximate surface area is 111 Å². The summed E-state index contributed by atoms with van der Waals surface area (Å²) in [4.78, 5) is 25.5. The van der Waals surface area contributed by atoms with Gasteiger partial charge < -0.3 is 10.2 Å². The molecule has 5 heteroatoms. The summed E-state index contributed by atoms with van der Waals surface area (Å²) in [5.41, 5.74) is 0.470. The number of nitrogens with zero attached hydrogens (tertiary/aromatic N) is 1. The van der Waals surface area contributed by atoms with Crippen molar-refractivity contribution in [3.63, 3.8) is 0 Å². The van der Waals surface area contributed by atoms with E-state index in [1.54, 1.807) is 19.1 Å². The Morgan fingerprint density at radius 1 is 1.42 bits per heavy atom. The third-order valence-corrected chi connectivity index (χ3v) is 3.48. The van der Waals surface area contributed by atoms with Gasteiger partial charge in [-0.1, -0.05) is 12.1 Å². The standard InChI is InChI=1S/C14H17FN2O2/c1-9-5-3-6-10(12(9)15)14(19)17-8-4-7-11(17)13(18)16-2/h3,5-6,11H,4,7-8H2,1-2H3,(H,16,18). The number of amides is 2. The monoisotopic (exact) mass is 264 g/mol. The summed E-state index contributed by atoms with van der Waals surface area (Å²) in [5, 5.41) is 2.54. The highest BCUT2D eigenvalue weighted by atomic mass is 19.1. The maximum atomic E-state index is 14.0. The van der Waals surface area contributed by atoms with Crippen LogP contribution < -0.4 is 5.32 Å². The van der Waals surface area contributed by atoms with Crippen LogP contribution in [0.4, 0.5) is 4.39 Å². The van der Waals surface area contributed by atoms with Crippen molar-refractivity contribution in [3.8, 4) is 0 Å². The van der Waals surface area contributed by atoms with Crippen LogP contribution in [0, 0.1) is 12.7 Å². The van der Waals surface area contributed by atoms with E-state index in [9.17, 15) is 14.0 Å². The second-order valence-electron chi connectivity index (χ2n) is 4.71.